The number of cyclic esters (lactones) is 1. The van der Waals surface area contributed by atoms with E-state index in [1.54, 1.807) is 0 Å². The van der Waals surface area contributed by atoms with E-state index in [0.717, 1.165) is 24.2 Å². The minimum absolute atomic E-state index is 0.0285. The number of carbonyl (C=O) groups is 2. The van der Waals surface area contributed by atoms with Crippen LogP contribution in [0.2, 0.25) is 5.02 Å². The van der Waals surface area contributed by atoms with Crippen LogP contribution >= 0.6 is 11.6 Å². The Labute approximate surface area is 204 Å². The first-order valence-electron chi connectivity index (χ1n) is 11.6. The van der Waals surface area contributed by atoms with Crippen molar-refractivity contribution in [1.29, 1.82) is 0 Å². The van der Waals surface area contributed by atoms with Crippen LogP contribution in [0.5, 0.6) is 0 Å². The van der Waals surface area contributed by atoms with Crippen molar-refractivity contribution in [3.8, 4) is 0 Å². The van der Waals surface area contributed by atoms with E-state index in [9.17, 15) is 9.59 Å². The Balaban J connectivity index is 1.40. The van der Waals surface area contributed by atoms with Gasteiger partial charge in [-0.25, -0.2) is 9.69 Å². The first-order chi connectivity index (χ1) is 16.6. The van der Waals surface area contributed by atoms with Crippen molar-refractivity contribution in [3.05, 3.63) is 107 Å². The second-order valence-corrected chi connectivity index (χ2v) is 9.51. The molecule has 34 heavy (non-hydrogen) atoms. The number of hydrogen-bond donors (Lipinski definition) is 0. The van der Waals surface area contributed by atoms with Gasteiger partial charge in [0.1, 0.15) is 6.61 Å². The number of amides is 2. The van der Waals surface area contributed by atoms with E-state index in [1.807, 2.05) is 72.8 Å². The molecule has 5 rings (SSSR count). The summed E-state index contributed by atoms with van der Waals surface area (Å²) >= 11 is 6.13. The zero-order chi connectivity index (χ0) is 23.5. The summed E-state index contributed by atoms with van der Waals surface area (Å²) in [5.41, 5.74) is 3.34. The molecule has 2 saturated heterocycles. The maximum atomic E-state index is 13.9. The number of halogens is 1. The third-order valence-corrected chi connectivity index (χ3v) is 7.02. The molecule has 0 aliphatic carbocycles. The van der Waals surface area contributed by atoms with Crippen molar-refractivity contribution in [1.82, 2.24) is 9.80 Å². The van der Waals surface area contributed by atoms with Gasteiger partial charge in [0.15, 0.2) is 0 Å². The van der Waals surface area contributed by atoms with Crippen LogP contribution in [0.1, 0.15) is 22.6 Å². The minimum Gasteiger partial charge on any atom is -0.447 e. The van der Waals surface area contributed by atoms with Crippen LogP contribution < -0.4 is 0 Å². The molecule has 174 valence electrons. The summed E-state index contributed by atoms with van der Waals surface area (Å²) < 4.78 is 5.35. The Kier molecular flexibility index (Phi) is 6.66. The number of benzene rings is 3. The van der Waals surface area contributed by atoms with Gasteiger partial charge < -0.3 is 4.74 Å². The Bertz CT molecular complexity index is 1140. The zero-order valence-electron chi connectivity index (χ0n) is 18.8. The smallest absolute Gasteiger partial charge is 0.416 e. The van der Waals surface area contributed by atoms with Crippen LogP contribution in [0.15, 0.2) is 84.9 Å². The summed E-state index contributed by atoms with van der Waals surface area (Å²) in [4.78, 5) is 30.2. The normalized spacial score (nSPS) is 22.7. The highest BCUT2D eigenvalue weighted by molar-refractivity contribution is 6.30. The molecule has 0 unspecified atom stereocenters. The Morgan fingerprint density at radius 1 is 0.882 bits per heavy atom. The first kappa shape index (κ1) is 22.6. The summed E-state index contributed by atoms with van der Waals surface area (Å²) in [7, 11) is 0. The second-order valence-electron chi connectivity index (χ2n) is 9.07. The van der Waals surface area contributed by atoms with Crippen molar-refractivity contribution in [2.45, 2.75) is 24.9 Å². The largest absolute Gasteiger partial charge is 0.447 e. The summed E-state index contributed by atoms with van der Waals surface area (Å²) in [6.45, 7) is 2.31. The predicted octanol–water partition coefficient (Wildman–Crippen LogP) is 5.15. The molecule has 2 aliphatic rings. The van der Waals surface area contributed by atoms with Crippen molar-refractivity contribution >= 4 is 23.6 Å². The van der Waals surface area contributed by atoms with E-state index in [1.165, 1.54) is 10.5 Å². The number of nitrogens with zero attached hydrogens (tertiary/aromatic N) is 2. The minimum atomic E-state index is -0.540. The second kappa shape index (κ2) is 10.00. The molecule has 0 saturated carbocycles. The Morgan fingerprint density at radius 2 is 1.53 bits per heavy atom. The summed E-state index contributed by atoms with van der Waals surface area (Å²) in [5, 5.41) is 0.664. The molecule has 5 nitrogen and oxygen atoms in total. The fraction of sp³-hybridized carbons (Fsp3) is 0.286. The average Bonchev–Trinajstić information content (AvgIpc) is 3.44. The lowest BCUT2D eigenvalue weighted by atomic mass is 9.87. The van der Waals surface area contributed by atoms with E-state index >= 15 is 0 Å². The molecule has 0 bridgehead atoms. The molecule has 2 amide bonds. The third kappa shape index (κ3) is 4.86. The maximum absolute atomic E-state index is 13.9. The van der Waals surface area contributed by atoms with Gasteiger partial charge in [-0.05, 0) is 35.2 Å². The number of imide groups is 1. The van der Waals surface area contributed by atoms with E-state index < -0.39 is 6.09 Å². The summed E-state index contributed by atoms with van der Waals surface area (Å²) in [6.07, 6.45) is 0.0481. The number of carbonyl (C=O) groups excluding carboxylic acids is 2. The van der Waals surface area contributed by atoms with Crippen LogP contribution in [0.3, 0.4) is 0 Å². The van der Waals surface area contributed by atoms with Crippen LogP contribution in [0.4, 0.5) is 4.79 Å². The van der Waals surface area contributed by atoms with Crippen LogP contribution in [0, 0.1) is 5.92 Å². The fourth-order valence-corrected chi connectivity index (χ4v) is 5.23. The van der Waals surface area contributed by atoms with Gasteiger partial charge in [0, 0.05) is 30.6 Å². The zero-order valence-corrected chi connectivity index (χ0v) is 19.6. The van der Waals surface area contributed by atoms with Gasteiger partial charge in [-0.15, -0.1) is 0 Å². The molecular formula is C28H27ClN2O3. The molecule has 3 aromatic rings. The molecule has 0 N–H and O–H groups in total. The lowest BCUT2D eigenvalue weighted by Crippen LogP contribution is -2.45. The van der Waals surface area contributed by atoms with Gasteiger partial charge in [-0.1, -0.05) is 84.4 Å². The van der Waals surface area contributed by atoms with Gasteiger partial charge in [0.25, 0.3) is 0 Å². The third-order valence-electron chi connectivity index (χ3n) is 6.77. The number of ether oxygens (including phenoxy) is 1. The van der Waals surface area contributed by atoms with Crippen LogP contribution in [-0.4, -0.2) is 47.5 Å². The molecule has 0 aromatic heterocycles. The molecular weight excluding hydrogens is 448 g/mol. The van der Waals surface area contributed by atoms with E-state index in [-0.39, 0.29) is 30.4 Å². The SMILES string of the molecule is O=C1OC[C@H](Cc2ccccc2)N1C(=O)[C@@H]1CN(Cc2ccccc2)C[C@H]1c1ccc(Cl)cc1. The number of rotatable bonds is 6. The Morgan fingerprint density at radius 3 is 2.21 bits per heavy atom. The Hall–Kier alpha value is -3.15. The van der Waals surface area contributed by atoms with E-state index in [4.69, 9.17) is 16.3 Å². The summed E-state index contributed by atoms with van der Waals surface area (Å²) in [5.74, 6) is -0.521. The standard InChI is InChI=1S/C28H27ClN2O3/c29-23-13-11-22(12-14-23)25-17-30(16-21-9-5-2-6-10-21)18-26(25)27(32)31-24(19-34-28(31)33)15-20-7-3-1-4-8-20/h1-14,24-26H,15-19H2/t24-,25-,26+/m0/s1. The fourth-order valence-electron chi connectivity index (χ4n) is 5.10. The first-order valence-corrected chi connectivity index (χ1v) is 12.0. The van der Waals surface area contributed by atoms with E-state index in [0.29, 0.717) is 18.0 Å². The molecule has 2 heterocycles. The highest BCUT2D eigenvalue weighted by atomic mass is 35.5. The van der Waals surface area contributed by atoms with Crippen molar-refractivity contribution in [3.63, 3.8) is 0 Å². The molecule has 0 spiro atoms. The monoisotopic (exact) mass is 474 g/mol. The van der Waals surface area contributed by atoms with Gasteiger partial charge in [-0.3, -0.25) is 9.69 Å². The van der Waals surface area contributed by atoms with Gasteiger partial charge >= 0.3 is 6.09 Å². The highest BCUT2D eigenvalue weighted by Gasteiger charge is 2.46. The highest BCUT2D eigenvalue weighted by Crippen LogP contribution is 2.36. The van der Waals surface area contributed by atoms with Gasteiger partial charge in [-0.2, -0.15) is 0 Å². The quantitative estimate of drug-likeness (QED) is 0.496. The predicted molar refractivity (Wildman–Crippen MR) is 132 cm³/mol. The lowest BCUT2D eigenvalue weighted by molar-refractivity contribution is -0.133. The molecule has 3 atom stereocenters. The lowest BCUT2D eigenvalue weighted by Gasteiger charge is -2.26. The molecule has 2 aliphatic heterocycles. The van der Waals surface area contributed by atoms with Crippen molar-refractivity contribution in [2.24, 2.45) is 5.92 Å². The van der Waals surface area contributed by atoms with Crippen molar-refractivity contribution < 1.29 is 14.3 Å². The molecule has 0 radical (unpaired) electrons. The molecule has 3 aromatic carbocycles. The number of hydrogen-bond acceptors (Lipinski definition) is 4. The van der Waals surface area contributed by atoms with Crippen molar-refractivity contribution in [2.75, 3.05) is 19.7 Å². The van der Waals surface area contributed by atoms with Gasteiger partial charge in [0.05, 0.1) is 12.0 Å². The van der Waals surface area contributed by atoms with Crippen LogP contribution in [0.25, 0.3) is 0 Å². The molecule has 2 fully saturated rings. The van der Waals surface area contributed by atoms with Crippen LogP contribution in [-0.2, 0) is 22.5 Å². The van der Waals surface area contributed by atoms with E-state index in [2.05, 4.69) is 17.0 Å². The topological polar surface area (TPSA) is 49.9 Å². The van der Waals surface area contributed by atoms with Gasteiger partial charge in [0.2, 0.25) is 5.91 Å². The molecule has 6 heteroatoms. The number of likely N-dealkylation sites (tertiary alicyclic amines) is 1. The summed E-state index contributed by atoms with van der Waals surface area (Å²) in [6, 6.07) is 27.6. The maximum Gasteiger partial charge on any atom is 0.416 e. The average molecular weight is 475 g/mol.